The third-order valence-electron chi connectivity index (χ3n) is 28.4. The first-order valence-corrected chi connectivity index (χ1v) is 45.5. The van der Waals surface area contributed by atoms with Gasteiger partial charge in [0.25, 0.3) is 6.71 Å². The second-order valence-electron chi connectivity index (χ2n) is 37.5. The van der Waals surface area contributed by atoms with Crippen LogP contribution in [0, 0.1) is 6.57 Å². The first-order valence-electron chi connectivity index (χ1n) is 45.5. The third kappa shape index (κ3) is 11.8. The Labute approximate surface area is 761 Å². The molecule has 0 radical (unpaired) electrons. The highest BCUT2D eigenvalue weighted by Gasteiger charge is 2.51. The zero-order valence-electron chi connectivity index (χ0n) is 73.5. The quantitative estimate of drug-likeness (QED) is 0.0845. The van der Waals surface area contributed by atoms with E-state index in [9.17, 15) is 0 Å². The van der Waals surface area contributed by atoms with Gasteiger partial charge in [-0.15, -0.1) is 0 Å². The monoisotopic (exact) mass is 1660 g/mol. The van der Waals surface area contributed by atoms with Gasteiger partial charge >= 0.3 is 0 Å². The van der Waals surface area contributed by atoms with Gasteiger partial charge in [-0.05, 0) is 222 Å². The first-order chi connectivity index (χ1) is 63.7. The molecule has 130 heavy (non-hydrogen) atoms. The van der Waals surface area contributed by atoms with E-state index in [1.807, 2.05) is 6.07 Å². The molecule has 0 unspecified atom stereocenters. The second-order valence-corrected chi connectivity index (χ2v) is 37.5. The molecular weight excluding hydrogens is 1570 g/mol. The van der Waals surface area contributed by atoms with Gasteiger partial charge in [0.1, 0.15) is 0 Å². The fourth-order valence-corrected chi connectivity index (χ4v) is 22.7. The summed E-state index contributed by atoms with van der Waals surface area (Å²) in [7, 11) is 0. The van der Waals surface area contributed by atoms with E-state index in [2.05, 4.69) is 498 Å². The van der Waals surface area contributed by atoms with Crippen LogP contribution < -0.4 is 26.2 Å². The summed E-state index contributed by atoms with van der Waals surface area (Å²) in [6, 6.07) is 168. The molecule has 0 atom stereocenters. The van der Waals surface area contributed by atoms with E-state index in [1.165, 1.54) is 88.8 Å². The molecule has 0 amide bonds. The average molecular weight is 1660 g/mol. The Bertz CT molecular complexity index is 7370. The van der Waals surface area contributed by atoms with Gasteiger partial charge in [0.05, 0.1) is 45.5 Å². The lowest BCUT2D eigenvalue weighted by Gasteiger charge is -2.46. The lowest BCUT2D eigenvalue weighted by molar-refractivity contribution is 0.590. The highest BCUT2D eigenvalue weighted by atomic mass is 15.2. The minimum atomic E-state index is -0.651. The average Bonchev–Trinajstić information content (AvgIpc) is 0.905. The molecule has 0 saturated carbocycles. The van der Waals surface area contributed by atoms with E-state index in [0.29, 0.717) is 5.69 Å². The van der Waals surface area contributed by atoms with Crippen LogP contribution in [-0.4, -0.2) is 11.3 Å². The SMILES string of the molecule is [C-]#[N+]c1ccc2c(c1)c1ccccc1n2-c1cc2c3c(c1)N(c1c(-c4ccccc4)cc(C(C)(C)C)cc1-c1ccccc1)c1ccc(-c4cccc5c4-c4ccccc4C5(c4ccccc4)c4ccccc4)cc1B3c1cc(-c3cccc4c3-c3ccccc3C4(c3ccccc3)c3ccccc3)ccc1N2c1c(-c2ccccc2)cc(C(C)(C)C)cc1-c1ccccc1. The number of nitrogens with zero attached hydrogens (tertiary/aromatic N) is 4. The summed E-state index contributed by atoms with van der Waals surface area (Å²) in [6.45, 7) is 22.2. The number of fused-ring (bicyclic) bond motifs is 13. The highest BCUT2D eigenvalue weighted by Crippen LogP contribution is 2.63. The van der Waals surface area contributed by atoms with Gasteiger partial charge in [0.2, 0.25) is 0 Å². The number of hydrogen-bond acceptors (Lipinski definition) is 2. The topological polar surface area (TPSA) is 15.8 Å². The summed E-state index contributed by atoms with van der Waals surface area (Å²) in [6.07, 6.45) is 0. The smallest absolute Gasteiger partial charge is 0.252 e. The number of rotatable bonds is 13. The standard InChI is InChI=1S/C125H91BN4/c1-122(2,3)91-74-100(81-40-16-8-17-41-81)120(101(75-91)82-42-18-9-19-43-82)129-113-69-66-85(95-59-38-63-107-117(95)98-57-32-35-61-105(98)124(107,87-48-24-12-25-49-87)88-50-26-13-27-51-88)72-109(113)126-110-73-86(96-60-39-64-108-118(96)99-58-33-36-62-106(99)125(108,89-52-28-14-29-53-89)90-54-30-15-31-55-90)67-70-114(110)130(121-102(83-44-20-10-21-45-83)76-92(123(4,5)6)77-103(121)84-46-22-11-23-47-84)116-80-94(79-115(129)119(116)126)128-111-65-37-34-56-97(111)104-78-93(127-7)68-71-112(104)128/h8-80H,1-6H3. The van der Waals surface area contributed by atoms with E-state index in [4.69, 9.17) is 6.57 Å². The van der Waals surface area contributed by atoms with Crippen molar-refractivity contribution in [1.82, 2.24) is 4.57 Å². The predicted molar refractivity (Wildman–Crippen MR) is 546 cm³/mol. The van der Waals surface area contributed by atoms with Crippen molar-refractivity contribution in [3.63, 3.8) is 0 Å². The van der Waals surface area contributed by atoms with Crippen LogP contribution in [0.25, 0.3) is 121 Å². The van der Waals surface area contributed by atoms with E-state index >= 15 is 0 Å². The lowest BCUT2D eigenvalue weighted by atomic mass is 9.33. The van der Waals surface area contributed by atoms with Crippen LogP contribution in [0.2, 0.25) is 0 Å². The molecule has 1 aromatic heterocycles. The molecule has 0 N–H and O–H groups in total. The Morgan fingerprint density at radius 3 is 0.969 bits per heavy atom. The van der Waals surface area contributed by atoms with Gasteiger partial charge in [-0.2, -0.15) is 0 Å². The maximum absolute atomic E-state index is 8.54. The number of aromatic nitrogens is 1. The van der Waals surface area contributed by atoms with E-state index in [-0.39, 0.29) is 10.8 Å². The molecule has 3 heterocycles. The number of para-hydroxylation sites is 1. The molecule has 4 nitrogen and oxygen atoms in total. The molecule has 5 heteroatoms. The van der Waals surface area contributed by atoms with Crippen LogP contribution in [0.5, 0.6) is 0 Å². The van der Waals surface area contributed by atoms with Crippen molar-refractivity contribution in [3.05, 3.63) is 510 Å². The molecule has 614 valence electrons. The van der Waals surface area contributed by atoms with Crippen LogP contribution in [0.4, 0.5) is 39.8 Å². The molecular formula is C125H91BN4. The maximum atomic E-state index is 8.54. The summed E-state index contributed by atoms with van der Waals surface area (Å²) in [5, 5.41) is 2.09. The summed E-state index contributed by atoms with van der Waals surface area (Å²) in [4.78, 5) is 9.56. The summed E-state index contributed by atoms with van der Waals surface area (Å²) in [5.41, 5.74) is 42.4. The summed E-state index contributed by atoms with van der Waals surface area (Å²) >= 11 is 0. The van der Waals surface area contributed by atoms with Gasteiger partial charge in [0, 0.05) is 50.4 Å². The van der Waals surface area contributed by atoms with Crippen molar-refractivity contribution in [2.45, 2.75) is 63.2 Å². The summed E-state index contributed by atoms with van der Waals surface area (Å²) < 4.78 is 2.49. The Hall–Kier alpha value is -15.9. The van der Waals surface area contributed by atoms with Crippen molar-refractivity contribution in [2.75, 3.05) is 9.80 Å². The van der Waals surface area contributed by atoms with Crippen LogP contribution >= 0.6 is 0 Å². The fraction of sp³-hybridized carbons (Fsp3) is 0.0800. The minimum absolute atomic E-state index is 0.274. The van der Waals surface area contributed by atoms with Crippen molar-refractivity contribution in [3.8, 4) is 94.7 Å². The zero-order valence-corrected chi connectivity index (χ0v) is 73.5. The molecule has 19 aromatic carbocycles. The molecule has 0 saturated heterocycles. The van der Waals surface area contributed by atoms with Crippen LogP contribution in [0.3, 0.4) is 0 Å². The van der Waals surface area contributed by atoms with Crippen molar-refractivity contribution < 1.29 is 0 Å². The molecule has 0 bridgehead atoms. The molecule has 24 rings (SSSR count). The molecule has 2 aliphatic carbocycles. The van der Waals surface area contributed by atoms with Crippen LogP contribution in [0.15, 0.2) is 443 Å². The van der Waals surface area contributed by atoms with Crippen molar-refractivity contribution >= 4 is 84.7 Å². The van der Waals surface area contributed by atoms with Gasteiger partial charge in [-0.1, -0.05) is 418 Å². The zero-order chi connectivity index (χ0) is 87.3. The largest absolute Gasteiger partial charge is 0.310 e. The molecule has 2 aliphatic heterocycles. The van der Waals surface area contributed by atoms with E-state index in [1.54, 1.807) is 0 Å². The number of benzene rings is 19. The maximum Gasteiger partial charge on any atom is 0.252 e. The molecule has 0 spiro atoms. The van der Waals surface area contributed by atoms with E-state index in [0.717, 1.165) is 134 Å². The Morgan fingerprint density at radius 1 is 0.262 bits per heavy atom. The normalized spacial score (nSPS) is 13.5. The summed E-state index contributed by atoms with van der Waals surface area (Å²) in [5.74, 6) is 0. The van der Waals surface area contributed by atoms with Gasteiger partial charge < -0.3 is 14.4 Å². The molecule has 20 aromatic rings. The lowest BCUT2D eigenvalue weighted by Crippen LogP contribution is -2.61. The Morgan fingerprint density at radius 2 is 0.592 bits per heavy atom. The number of anilines is 6. The van der Waals surface area contributed by atoms with Gasteiger partial charge in [-0.25, -0.2) is 4.85 Å². The predicted octanol–water partition coefficient (Wildman–Crippen LogP) is 30.7. The second kappa shape index (κ2) is 30.2. The van der Waals surface area contributed by atoms with Crippen LogP contribution in [0.1, 0.15) is 97.2 Å². The molecule has 4 aliphatic rings. The first kappa shape index (κ1) is 77.7. The minimum Gasteiger partial charge on any atom is -0.310 e. The van der Waals surface area contributed by atoms with Crippen molar-refractivity contribution in [2.24, 2.45) is 0 Å². The van der Waals surface area contributed by atoms with Gasteiger partial charge in [0.15, 0.2) is 5.69 Å². The molecule has 0 fully saturated rings. The van der Waals surface area contributed by atoms with E-state index < -0.39 is 17.5 Å². The fourth-order valence-electron chi connectivity index (χ4n) is 22.7. The number of hydrogen-bond donors (Lipinski definition) is 0. The van der Waals surface area contributed by atoms with Gasteiger partial charge in [-0.3, -0.25) is 0 Å². The highest BCUT2D eigenvalue weighted by molar-refractivity contribution is 7.00. The van der Waals surface area contributed by atoms with Crippen molar-refractivity contribution in [1.29, 1.82) is 0 Å². The Balaban J connectivity index is 0.892. The third-order valence-corrected chi connectivity index (χ3v) is 28.4. The Kier molecular flexibility index (Phi) is 18.0. The van der Waals surface area contributed by atoms with Crippen LogP contribution in [-0.2, 0) is 21.7 Å².